The molecule has 2 bridgehead atoms. The van der Waals surface area contributed by atoms with Crippen LogP contribution in [0.3, 0.4) is 0 Å². The molecular formula is C25H31NO3Si. The molecule has 3 heterocycles. The average molecular weight is 422 g/mol. The van der Waals surface area contributed by atoms with Gasteiger partial charge in [-0.25, -0.2) is 0 Å². The Hall–Kier alpha value is -2.27. The maximum atomic E-state index is 13.4. The first-order chi connectivity index (χ1) is 14.4. The van der Waals surface area contributed by atoms with E-state index in [-0.39, 0.29) is 5.91 Å². The van der Waals surface area contributed by atoms with Crippen LogP contribution in [0.25, 0.3) is 0 Å². The molecule has 2 saturated heterocycles. The Kier molecular flexibility index (Phi) is 4.89. The predicted octanol–water partition coefficient (Wildman–Crippen LogP) is 4.55. The molecular weight excluding hydrogens is 390 g/mol. The molecule has 30 heavy (non-hydrogen) atoms. The second kappa shape index (κ2) is 7.45. The van der Waals surface area contributed by atoms with Crippen molar-refractivity contribution in [1.82, 2.24) is 4.90 Å². The summed E-state index contributed by atoms with van der Waals surface area (Å²) >= 11 is 0. The minimum atomic E-state index is -1.27. The highest BCUT2D eigenvalue weighted by molar-refractivity contribution is 6.88. The molecule has 0 radical (unpaired) electrons. The molecule has 2 aromatic carbocycles. The average Bonchev–Trinajstić information content (AvgIpc) is 3.01. The number of hydrogen-bond acceptors (Lipinski definition) is 3. The Labute approximate surface area is 180 Å². The smallest absolute Gasteiger partial charge is 0.254 e. The highest BCUT2D eigenvalue weighted by Crippen LogP contribution is 2.44. The van der Waals surface area contributed by atoms with E-state index < -0.39 is 8.07 Å². The van der Waals surface area contributed by atoms with E-state index in [9.17, 15) is 4.79 Å². The van der Waals surface area contributed by atoms with Crippen LogP contribution in [0.1, 0.15) is 47.5 Å². The molecule has 158 valence electrons. The molecule has 5 rings (SSSR count). The third-order valence-electron chi connectivity index (χ3n) is 7.00. The number of carbonyl (C=O) groups is 1. The molecule has 3 aliphatic heterocycles. The summed E-state index contributed by atoms with van der Waals surface area (Å²) in [6.07, 6.45) is 4.37. The standard InChI is InChI=1S/C25H31NO3Si/c1-30(2,3)22-9-4-17(5-10-22)19-14-20-7-8-21(15-19)26(20)25(27)18-6-11-23-24(16-18)29-13-12-28-23/h4-6,9-11,16,19-21H,7-8,12-15H2,1-3H3/t19?,20-,21+. The van der Waals surface area contributed by atoms with Crippen LogP contribution in [0.15, 0.2) is 42.5 Å². The Morgan fingerprint density at radius 3 is 2.17 bits per heavy atom. The second-order valence-electron chi connectivity index (χ2n) is 10.00. The van der Waals surface area contributed by atoms with Gasteiger partial charge in [-0.15, -0.1) is 0 Å². The quantitative estimate of drug-likeness (QED) is 0.682. The monoisotopic (exact) mass is 421 g/mol. The van der Waals surface area contributed by atoms with Crippen LogP contribution in [-0.4, -0.2) is 44.2 Å². The lowest BCUT2D eigenvalue weighted by atomic mass is 9.85. The fourth-order valence-electron chi connectivity index (χ4n) is 5.36. The fourth-order valence-corrected chi connectivity index (χ4v) is 6.53. The molecule has 0 N–H and O–H groups in total. The number of amides is 1. The molecule has 0 spiro atoms. The van der Waals surface area contributed by atoms with Gasteiger partial charge < -0.3 is 14.4 Å². The number of ether oxygens (including phenoxy) is 2. The number of nitrogens with zero attached hydrogens (tertiary/aromatic N) is 1. The first-order valence-electron chi connectivity index (χ1n) is 11.2. The largest absolute Gasteiger partial charge is 0.486 e. The van der Waals surface area contributed by atoms with Gasteiger partial charge in [-0.3, -0.25) is 4.79 Å². The van der Waals surface area contributed by atoms with Gasteiger partial charge in [-0.2, -0.15) is 0 Å². The summed E-state index contributed by atoms with van der Waals surface area (Å²) < 4.78 is 11.3. The van der Waals surface area contributed by atoms with E-state index in [1.165, 1.54) is 10.8 Å². The van der Waals surface area contributed by atoms with Gasteiger partial charge in [-0.05, 0) is 55.4 Å². The van der Waals surface area contributed by atoms with Crippen molar-refractivity contribution in [2.24, 2.45) is 0 Å². The van der Waals surface area contributed by atoms with Crippen LogP contribution in [0.4, 0.5) is 0 Å². The lowest BCUT2D eigenvalue weighted by Gasteiger charge is -2.39. The SMILES string of the molecule is C[Si](C)(C)c1ccc(C2C[C@H]3CC[C@@H](C2)N3C(=O)c2ccc3c(c2)OCCO3)cc1. The summed E-state index contributed by atoms with van der Waals surface area (Å²) in [6.45, 7) is 8.28. The Morgan fingerprint density at radius 2 is 1.53 bits per heavy atom. The topological polar surface area (TPSA) is 38.8 Å². The van der Waals surface area contributed by atoms with Crippen molar-refractivity contribution in [3.8, 4) is 11.5 Å². The number of carbonyl (C=O) groups excluding carboxylic acids is 1. The number of hydrogen-bond donors (Lipinski definition) is 0. The highest BCUT2D eigenvalue weighted by atomic mass is 28.3. The Bertz CT molecular complexity index is 936. The number of piperidine rings is 1. The zero-order chi connectivity index (χ0) is 20.9. The molecule has 0 saturated carbocycles. The molecule has 2 fully saturated rings. The molecule has 4 nitrogen and oxygen atoms in total. The molecule has 0 aromatic heterocycles. The van der Waals surface area contributed by atoms with Gasteiger partial charge in [0.15, 0.2) is 11.5 Å². The third-order valence-corrected chi connectivity index (χ3v) is 9.07. The van der Waals surface area contributed by atoms with Gasteiger partial charge in [0.1, 0.15) is 13.2 Å². The molecule has 0 aliphatic carbocycles. The Balaban J connectivity index is 1.33. The second-order valence-corrected chi connectivity index (χ2v) is 15.1. The van der Waals surface area contributed by atoms with E-state index >= 15 is 0 Å². The van der Waals surface area contributed by atoms with Gasteiger partial charge in [-0.1, -0.05) is 49.1 Å². The first-order valence-corrected chi connectivity index (χ1v) is 14.7. The van der Waals surface area contributed by atoms with Gasteiger partial charge in [0, 0.05) is 17.6 Å². The lowest BCUT2D eigenvalue weighted by molar-refractivity contribution is 0.0570. The fraction of sp³-hybridized carbons (Fsp3) is 0.480. The van der Waals surface area contributed by atoms with E-state index in [2.05, 4.69) is 48.8 Å². The number of rotatable bonds is 3. The van der Waals surface area contributed by atoms with Crippen LogP contribution < -0.4 is 14.7 Å². The van der Waals surface area contributed by atoms with Crippen molar-refractivity contribution >= 4 is 19.2 Å². The maximum absolute atomic E-state index is 13.4. The van der Waals surface area contributed by atoms with Crippen LogP contribution in [0.5, 0.6) is 11.5 Å². The zero-order valence-corrected chi connectivity index (χ0v) is 19.2. The summed E-state index contributed by atoms with van der Waals surface area (Å²) in [6, 6.07) is 15.7. The van der Waals surface area contributed by atoms with E-state index in [0.29, 0.717) is 42.5 Å². The minimum Gasteiger partial charge on any atom is -0.486 e. The first kappa shape index (κ1) is 19.7. The summed E-state index contributed by atoms with van der Waals surface area (Å²) in [5.41, 5.74) is 2.16. The van der Waals surface area contributed by atoms with Crippen molar-refractivity contribution in [1.29, 1.82) is 0 Å². The van der Waals surface area contributed by atoms with Crippen LogP contribution in [-0.2, 0) is 0 Å². The van der Waals surface area contributed by atoms with Crippen molar-refractivity contribution in [3.63, 3.8) is 0 Å². The minimum absolute atomic E-state index is 0.145. The van der Waals surface area contributed by atoms with Gasteiger partial charge >= 0.3 is 0 Å². The summed E-state index contributed by atoms with van der Waals surface area (Å²) in [7, 11) is -1.27. The summed E-state index contributed by atoms with van der Waals surface area (Å²) in [5, 5.41) is 1.51. The van der Waals surface area contributed by atoms with Crippen LogP contribution >= 0.6 is 0 Å². The van der Waals surface area contributed by atoms with Crippen molar-refractivity contribution in [3.05, 3.63) is 53.6 Å². The normalized spacial score (nSPS) is 25.3. The molecule has 1 amide bonds. The Morgan fingerprint density at radius 1 is 0.900 bits per heavy atom. The number of benzene rings is 2. The van der Waals surface area contributed by atoms with Crippen molar-refractivity contribution in [2.45, 2.75) is 63.3 Å². The molecule has 1 unspecified atom stereocenters. The van der Waals surface area contributed by atoms with Crippen LogP contribution in [0, 0.1) is 0 Å². The van der Waals surface area contributed by atoms with Crippen molar-refractivity contribution in [2.75, 3.05) is 13.2 Å². The number of fused-ring (bicyclic) bond motifs is 3. The lowest BCUT2D eigenvalue weighted by Crippen LogP contribution is -2.46. The molecule has 3 aliphatic rings. The van der Waals surface area contributed by atoms with E-state index in [4.69, 9.17) is 9.47 Å². The summed E-state index contributed by atoms with van der Waals surface area (Å²) in [5.74, 6) is 2.13. The van der Waals surface area contributed by atoms with E-state index in [1.807, 2.05) is 18.2 Å². The van der Waals surface area contributed by atoms with E-state index in [1.54, 1.807) is 0 Å². The summed E-state index contributed by atoms with van der Waals surface area (Å²) in [4.78, 5) is 15.5. The third kappa shape index (κ3) is 3.53. The molecule has 5 heteroatoms. The maximum Gasteiger partial charge on any atom is 0.254 e. The van der Waals surface area contributed by atoms with E-state index in [0.717, 1.165) is 31.4 Å². The van der Waals surface area contributed by atoms with Gasteiger partial charge in [0.2, 0.25) is 0 Å². The van der Waals surface area contributed by atoms with Gasteiger partial charge in [0.05, 0.1) is 8.07 Å². The molecule has 2 aromatic rings. The highest BCUT2D eigenvalue weighted by Gasteiger charge is 2.43. The predicted molar refractivity (Wildman–Crippen MR) is 122 cm³/mol. The zero-order valence-electron chi connectivity index (χ0n) is 18.2. The van der Waals surface area contributed by atoms with Gasteiger partial charge in [0.25, 0.3) is 5.91 Å². The molecule has 3 atom stereocenters. The van der Waals surface area contributed by atoms with Crippen molar-refractivity contribution < 1.29 is 14.3 Å². The van der Waals surface area contributed by atoms with Crippen LogP contribution in [0.2, 0.25) is 19.6 Å².